The molecular weight excluding hydrogens is 317 g/mol. The van der Waals surface area contributed by atoms with E-state index in [4.69, 9.17) is 11.6 Å². The molecule has 0 aliphatic carbocycles. The average Bonchev–Trinajstić information content (AvgIpc) is 2.93. The van der Waals surface area contributed by atoms with Crippen molar-refractivity contribution in [1.29, 1.82) is 0 Å². The topological polar surface area (TPSA) is 75.1 Å². The SMILES string of the molecule is O=C(Nc1c(Cl)ccc2nsnc12)c1cc(F)ccc1O. The molecule has 3 rings (SSSR count). The molecule has 0 unspecified atom stereocenters. The van der Waals surface area contributed by atoms with E-state index < -0.39 is 11.7 Å². The zero-order valence-corrected chi connectivity index (χ0v) is 11.9. The number of aromatic nitrogens is 2. The largest absolute Gasteiger partial charge is 0.507 e. The first-order chi connectivity index (χ1) is 10.1. The van der Waals surface area contributed by atoms with Gasteiger partial charge in [-0.15, -0.1) is 0 Å². The number of amides is 1. The number of aromatic hydroxyl groups is 1. The highest BCUT2D eigenvalue weighted by Crippen LogP contribution is 2.31. The van der Waals surface area contributed by atoms with Gasteiger partial charge < -0.3 is 10.4 Å². The van der Waals surface area contributed by atoms with Gasteiger partial charge in [0, 0.05) is 0 Å². The number of halogens is 2. The summed E-state index contributed by atoms with van der Waals surface area (Å²) >= 11 is 7.03. The molecule has 2 N–H and O–H groups in total. The van der Waals surface area contributed by atoms with E-state index in [9.17, 15) is 14.3 Å². The molecule has 0 radical (unpaired) electrons. The van der Waals surface area contributed by atoms with E-state index in [1.54, 1.807) is 12.1 Å². The van der Waals surface area contributed by atoms with E-state index in [0.29, 0.717) is 11.0 Å². The van der Waals surface area contributed by atoms with Gasteiger partial charge in [-0.25, -0.2) is 4.39 Å². The standard InChI is InChI=1S/C13H7ClFN3O2S/c14-8-2-3-9-12(18-21-17-9)11(8)16-13(20)7-5-6(15)1-4-10(7)19/h1-5,19H,(H,16,20). The molecule has 0 atom stereocenters. The van der Waals surface area contributed by atoms with Crippen LogP contribution in [0.25, 0.3) is 11.0 Å². The maximum atomic E-state index is 13.2. The van der Waals surface area contributed by atoms with Crippen LogP contribution in [0.2, 0.25) is 5.02 Å². The number of nitrogens with one attached hydrogen (secondary N) is 1. The molecule has 1 aromatic heterocycles. The Balaban J connectivity index is 2.02. The number of anilines is 1. The van der Waals surface area contributed by atoms with Gasteiger partial charge in [0.05, 0.1) is 28.0 Å². The second kappa shape index (κ2) is 5.27. The molecular formula is C13H7ClFN3O2S. The number of benzene rings is 2. The molecule has 21 heavy (non-hydrogen) atoms. The highest BCUT2D eigenvalue weighted by atomic mass is 35.5. The minimum Gasteiger partial charge on any atom is -0.507 e. The quantitative estimate of drug-likeness (QED) is 0.757. The number of rotatable bonds is 2. The van der Waals surface area contributed by atoms with Crippen molar-refractivity contribution in [1.82, 2.24) is 8.75 Å². The number of fused-ring (bicyclic) bond motifs is 1. The van der Waals surface area contributed by atoms with E-state index in [0.717, 1.165) is 29.9 Å². The van der Waals surface area contributed by atoms with Crippen molar-refractivity contribution in [3.8, 4) is 5.75 Å². The lowest BCUT2D eigenvalue weighted by Gasteiger charge is -2.09. The van der Waals surface area contributed by atoms with E-state index in [1.807, 2.05) is 0 Å². The van der Waals surface area contributed by atoms with Crippen LogP contribution in [0.4, 0.5) is 10.1 Å². The molecule has 3 aromatic rings. The Kier molecular flexibility index (Phi) is 3.44. The molecule has 1 amide bonds. The maximum Gasteiger partial charge on any atom is 0.259 e. The van der Waals surface area contributed by atoms with Crippen molar-refractivity contribution < 1.29 is 14.3 Å². The van der Waals surface area contributed by atoms with Crippen molar-refractivity contribution in [2.75, 3.05) is 5.32 Å². The van der Waals surface area contributed by atoms with Gasteiger partial charge in [-0.3, -0.25) is 4.79 Å². The third kappa shape index (κ3) is 2.53. The third-order valence-electron chi connectivity index (χ3n) is 2.82. The lowest BCUT2D eigenvalue weighted by molar-refractivity contribution is 0.102. The van der Waals surface area contributed by atoms with E-state index in [1.165, 1.54) is 0 Å². The minimum absolute atomic E-state index is 0.189. The predicted octanol–water partition coefficient (Wildman–Crippen LogP) is 3.44. The van der Waals surface area contributed by atoms with Gasteiger partial charge in [0.2, 0.25) is 0 Å². The highest BCUT2D eigenvalue weighted by Gasteiger charge is 2.17. The van der Waals surface area contributed by atoms with Crippen LogP contribution >= 0.6 is 23.3 Å². The van der Waals surface area contributed by atoms with Crippen LogP contribution in [-0.2, 0) is 0 Å². The number of phenolic OH excluding ortho intramolecular Hbond substituents is 1. The predicted molar refractivity (Wildman–Crippen MR) is 78.4 cm³/mol. The second-order valence-corrected chi connectivity index (χ2v) is 5.11. The third-order valence-corrected chi connectivity index (χ3v) is 3.68. The van der Waals surface area contributed by atoms with Crippen molar-refractivity contribution in [2.24, 2.45) is 0 Å². The van der Waals surface area contributed by atoms with Gasteiger partial charge in [-0.05, 0) is 30.3 Å². The van der Waals surface area contributed by atoms with Crippen LogP contribution < -0.4 is 5.32 Å². The summed E-state index contributed by atoms with van der Waals surface area (Å²) in [5, 5.41) is 12.4. The number of carbonyl (C=O) groups is 1. The first kappa shape index (κ1) is 13.7. The van der Waals surface area contributed by atoms with E-state index >= 15 is 0 Å². The van der Waals surface area contributed by atoms with Crippen LogP contribution in [-0.4, -0.2) is 19.8 Å². The van der Waals surface area contributed by atoms with Crippen molar-refractivity contribution >= 4 is 46.0 Å². The molecule has 0 aliphatic heterocycles. The fourth-order valence-corrected chi connectivity index (χ4v) is 2.56. The zero-order chi connectivity index (χ0) is 15.0. The molecule has 0 aliphatic rings. The molecule has 8 heteroatoms. The second-order valence-electron chi connectivity index (χ2n) is 4.17. The van der Waals surface area contributed by atoms with Crippen molar-refractivity contribution in [2.45, 2.75) is 0 Å². The normalized spacial score (nSPS) is 10.8. The number of carbonyl (C=O) groups excluding carboxylic acids is 1. The summed E-state index contributed by atoms with van der Waals surface area (Å²) < 4.78 is 21.3. The molecule has 5 nitrogen and oxygen atoms in total. The van der Waals surface area contributed by atoms with Crippen LogP contribution in [0.3, 0.4) is 0 Å². The number of hydrogen-bond donors (Lipinski definition) is 2. The molecule has 0 spiro atoms. The lowest BCUT2D eigenvalue weighted by atomic mass is 10.1. The lowest BCUT2D eigenvalue weighted by Crippen LogP contribution is -2.13. The molecule has 0 saturated heterocycles. The van der Waals surface area contributed by atoms with Gasteiger partial charge in [-0.1, -0.05) is 11.6 Å². The molecule has 2 aromatic carbocycles. The van der Waals surface area contributed by atoms with E-state index in [-0.39, 0.29) is 22.0 Å². The van der Waals surface area contributed by atoms with Crippen LogP contribution in [0.5, 0.6) is 5.75 Å². The Morgan fingerprint density at radius 1 is 1.29 bits per heavy atom. The summed E-state index contributed by atoms with van der Waals surface area (Å²) in [6.07, 6.45) is 0. The Labute approximate surface area is 127 Å². The fourth-order valence-electron chi connectivity index (χ4n) is 1.82. The van der Waals surface area contributed by atoms with Gasteiger partial charge in [-0.2, -0.15) is 8.75 Å². The minimum atomic E-state index is -0.686. The Hall–Kier alpha value is -2.25. The number of phenols is 1. The summed E-state index contributed by atoms with van der Waals surface area (Å²) in [6, 6.07) is 6.36. The van der Waals surface area contributed by atoms with Crippen LogP contribution in [0, 0.1) is 5.82 Å². The molecule has 0 bridgehead atoms. The summed E-state index contributed by atoms with van der Waals surface area (Å²) in [5.74, 6) is -1.64. The molecule has 0 saturated carbocycles. The number of nitrogens with zero attached hydrogens (tertiary/aromatic N) is 2. The Morgan fingerprint density at radius 2 is 2.10 bits per heavy atom. The van der Waals surface area contributed by atoms with Gasteiger partial charge in [0.1, 0.15) is 22.6 Å². The van der Waals surface area contributed by atoms with Gasteiger partial charge >= 0.3 is 0 Å². The van der Waals surface area contributed by atoms with Crippen LogP contribution in [0.1, 0.15) is 10.4 Å². The van der Waals surface area contributed by atoms with Gasteiger partial charge in [0.15, 0.2) is 0 Å². The summed E-state index contributed by atoms with van der Waals surface area (Å²) in [4.78, 5) is 12.2. The first-order valence-corrected chi connectivity index (χ1v) is 6.88. The Bertz CT molecular complexity index is 853. The first-order valence-electron chi connectivity index (χ1n) is 5.77. The number of hydrogen-bond acceptors (Lipinski definition) is 5. The van der Waals surface area contributed by atoms with Crippen molar-refractivity contribution in [3.05, 3.63) is 46.7 Å². The summed E-state index contributed by atoms with van der Waals surface area (Å²) in [7, 11) is 0. The fraction of sp³-hybridized carbons (Fsp3) is 0. The highest BCUT2D eigenvalue weighted by molar-refractivity contribution is 7.00. The molecule has 1 heterocycles. The summed E-state index contributed by atoms with van der Waals surface area (Å²) in [6.45, 7) is 0. The van der Waals surface area contributed by atoms with E-state index in [2.05, 4.69) is 14.1 Å². The van der Waals surface area contributed by atoms with Gasteiger partial charge in [0.25, 0.3) is 5.91 Å². The average molecular weight is 324 g/mol. The van der Waals surface area contributed by atoms with Crippen LogP contribution in [0.15, 0.2) is 30.3 Å². The Morgan fingerprint density at radius 3 is 2.90 bits per heavy atom. The monoisotopic (exact) mass is 323 g/mol. The smallest absolute Gasteiger partial charge is 0.259 e. The molecule has 106 valence electrons. The maximum absolute atomic E-state index is 13.2. The zero-order valence-electron chi connectivity index (χ0n) is 10.3. The molecule has 0 fully saturated rings. The summed E-state index contributed by atoms with van der Waals surface area (Å²) in [5.41, 5.74) is 1.11. The van der Waals surface area contributed by atoms with Crippen molar-refractivity contribution in [3.63, 3.8) is 0 Å².